The fraction of sp³-hybridized carbons (Fsp3) is 0.200. The molecule has 2 heteroatoms. The summed E-state index contributed by atoms with van der Waals surface area (Å²) < 4.78 is 0. The number of rotatable bonds is 4. The zero-order chi connectivity index (χ0) is 12.1. The Labute approximate surface area is 107 Å². The van der Waals surface area contributed by atoms with E-state index in [1.165, 1.54) is 11.1 Å². The van der Waals surface area contributed by atoms with Crippen LogP contribution in [0.5, 0.6) is 0 Å². The third-order valence-electron chi connectivity index (χ3n) is 2.97. The highest BCUT2D eigenvalue weighted by Crippen LogP contribution is 2.14. The molecule has 2 rings (SSSR count). The van der Waals surface area contributed by atoms with Crippen molar-refractivity contribution in [3.8, 4) is 0 Å². The Hall–Kier alpha value is -1.31. The van der Waals surface area contributed by atoms with Crippen molar-refractivity contribution < 1.29 is 5.32 Å². The van der Waals surface area contributed by atoms with Gasteiger partial charge in [0.1, 0.15) is 12.6 Å². The van der Waals surface area contributed by atoms with Crippen LogP contribution in [0.3, 0.4) is 0 Å². The molecule has 0 aliphatic heterocycles. The lowest BCUT2D eigenvalue weighted by atomic mass is 10.1. The zero-order valence-corrected chi connectivity index (χ0v) is 10.7. The summed E-state index contributed by atoms with van der Waals surface area (Å²) in [5.74, 6) is 0. The number of halogens is 1. The Kier molecular flexibility index (Phi) is 4.18. The summed E-state index contributed by atoms with van der Waals surface area (Å²) in [7, 11) is 0. The molecule has 0 radical (unpaired) electrons. The molecule has 0 fully saturated rings. The molecule has 0 spiro atoms. The largest absolute Gasteiger partial charge is 0.337 e. The molecule has 0 saturated carbocycles. The second-order valence-corrected chi connectivity index (χ2v) is 4.64. The molecule has 2 aromatic rings. The first kappa shape index (κ1) is 12.2. The lowest BCUT2D eigenvalue weighted by molar-refractivity contribution is -0.707. The van der Waals surface area contributed by atoms with Crippen LogP contribution < -0.4 is 5.32 Å². The van der Waals surface area contributed by atoms with Crippen molar-refractivity contribution in [2.45, 2.75) is 19.5 Å². The van der Waals surface area contributed by atoms with E-state index < -0.39 is 0 Å². The number of hydrogen-bond donors (Lipinski definition) is 1. The van der Waals surface area contributed by atoms with E-state index >= 15 is 0 Å². The van der Waals surface area contributed by atoms with Crippen LogP contribution in [-0.2, 0) is 6.54 Å². The Morgan fingerprint density at radius 2 is 1.65 bits per heavy atom. The van der Waals surface area contributed by atoms with Crippen LogP contribution in [0.25, 0.3) is 0 Å². The van der Waals surface area contributed by atoms with Gasteiger partial charge in [0.15, 0.2) is 0 Å². The van der Waals surface area contributed by atoms with Crippen molar-refractivity contribution >= 4 is 11.6 Å². The average molecular weight is 247 g/mol. The molecule has 1 nitrogen and oxygen atoms in total. The average Bonchev–Trinajstić information content (AvgIpc) is 2.38. The Morgan fingerprint density at radius 3 is 2.35 bits per heavy atom. The quantitative estimate of drug-likeness (QED) is 0.854. The topological polar surface area (TPSA) is 16.6 Å². The smallest absolute Gasteiger partial charge is 0.109 e. The Balaban J connectivity index is 1.97. The predicted octanol–water partition coefficient (Wildman–Crippen LogP) is 3.16. The highest BCUT2D eigenvalue weighted by molar-refractivity contribution is 6.31. The third-order valence-corrected chi connectivity index (χ3v) is 3.34. The van der Waals surface area contributed by atoms with E-state index in [1.54, 1.807) is 0 Å². The molecular formula is C15H17ClN+. The molecule has 0 unspecified atom stereocenters. The number of nitrogens with two attached hydrogens (primary N) is 1. The summed E-state index contributed by atoms with van der Waals surface area (Å²) in [6, 6.07) is 19.0. The molecule has 88 valence electrons. The number of hydrogen-bond acceptors (Lipinski definition) is 0. The van der Waals surface area contributed by atoms with Gasteiger partial charge >= 0.3 is 0 Å². The molecule has 2 aromatic carbocycles. The van der Waals surface area contributed by atoms with Gasteiger partial charge in [-0.3, -0.25) is 0 Å². The molecule has 0 aliphatic carbocycles. The minimum Gasteiger partial charge on any atom is -0.337 e. The molecular weight excluding hydrogens is 230 g/mol. The lowest BCUT2D eigenvalue weighted by Crippen LogP contribution is -2.83. The van der Waals surface area contributed by atoms with Crippen molar-refractivity contribution in [3.05, 3.63) is 70.7 Å². The summed E-state index contributed by atoms with van der Waals surface area (Å²) in [6.07, 6.45) is 0. The van der Waals surface area contributed by atoms with Crippen LogP contribution in [0.4, 0.5) is 0 Å². The second-order valence-electron chi connectivity index (χ2n) is 4.23. The highest BCUT2D eigenvalue weighted by atomic mass is 35.5. The van der Waals surface area contributed by atoms with E-state index in [0.717, 1.165) is 11.6 Å². The maximum atomic E-state index is 6.13. The standard InChI is InChI=1S/C15H16ClN/c1-12(13-7-3-2-4-8-13)17-11-14-9-5-6-10-15(14)16/h2-10,12,17H,11H2,1H3/p+1/t12-/m0/s1. The predicted molar refractivity (Wildman–Crippen MR) is 71.9 cm³/mol. The van der Waals surface area contributed by atoms with Crippen LogP contribution in [-0.4, -0.2) is 0 Å². The van der Waals surface area contributed by atoms with Crippen molar-refractivity contribution in [2.24, 2.45) is 0 Å². The van der Waals surface area contributed by atoms with Gasteiger partial charge in [0, 0.05) is 16.1 Å². The first-order valence-corrected chi connectivity index (χ1v) is 6.27. The van der Waals surface area contributed by atoms with Gasteiger partial charge < -0.3 is 5.32 Å². The van der Waals surface area contributed by atoms with Crippen molar-refractivity contribution in [3.63, 3.8) is 0 Å². The minimum absolute atomic E-state index is 0.451. The summed E-state index contributed by atoms with van der Waals surface area (Å²) >= 11 is 6.13. The second kappa shape index (κ2) is 5.85. The van der Waals surface area contributed by atoms with Crippen molar-refractivity contribution in [1.29, 1.82) is 0 Å². The summed E-state index contributed by atoms with van der Waals surface area (Å²) in [4.78, 5) is 0. The van der Waals surface area contributed by atoms with Gasteiger partial charge in [-0.1, -0.05) is 60.1 Å². The summed E-state index contributed by atoms with van der Waals surface area (Å²) in [5.41, 5.74) is 2.54. The normalized spacial score (nSPS) is 12.4. The van der Waals surface area contributed by atoms with Crippen LogP contribution in [0.1, 0.15) is 24.1 Å². The highest BCUT2D eigenvalue weighted by Gasteiger charge is 2.08. The van der Waals surface area contributed by atoms with Gasteiger partial charge in [0.25, 0.3) is 0 Å². The first-order valence-electron chi connectivity index (χ1n) is 5.89. The van der Waals surface area contributed by atoms with Gasteiger partial charge in [-0.05, 0) is 13.0 Å². The van der Waals surface area contributed by atoms with E-state index in [0.29, 0.717) is 6.04 Å². The number of quaternary nitrogens is 1. The Bertz CT molecular complexity index is 467. The van der Waals surface area contributed by atoms with E-state index in [2.05, 4.69) is 42.6 Å². The van der Waals surface area contributed by atoms with E-state index in [1.807, 2.05) is 24.3 Å². The molecule has 1 atom stereocenters. The summed E-state index contributed by atoms with van der Waals surface area (Å²) in [6.45, 7) is 3.13. The van der Waals surface area contributed by atoms with Crippen LogP contribution >= 0.6 is 11.6 Å². The maximum absolute atomic E-state index is 6.13. The molecule has 0 heterocycles. The van der Waals surface area contributed by atoms with E-state index in [4.69, 9.17) is 11.6 Å². The fourth-order valence-corrected chi connectivity index (χ4v) is 2.07. The van der Waals surface area contributed by atoms with Crippen LogP contribution in [0.15, 0.2) is 54.6 Å². The SMILES string of the molecule is C[C@H]([NH2+]Cc1ccccc1Cl)c1ccccc1. The maximum Gasteiger partial charge on any atom is 0.109 e. The minimum atomic E-state index is 0.451. The third kappa shape index (κ3) is 3.32. The van der Waals surface area contributed by atoms with Crippen molar-refractivity contribution in [2.75, 3.05) is 0 Å². The van der Waals surface area contributed by atoms with Gasteiger partial charge in [0.05, 0.1) is 0 Å². The van der Waals surface area contributed by atoms with Gasteiger partial charge in [-0.15, -0.1) is 0 Å². The fourth-order valence-electron chi connectivity index (χ4n) is 1.86. The molecule has 2 N–H and O–H groups in total. The van der Waals surface area contributed by atoms with Crippen molar-refractivity contribution in [1.82, 2.24) is 0 Å². The number of benzene rings is 2. The van der Waals surface area contributed by atoms with Gasteiger partial charge in [-0.25, -0.2) is 0 Å². The Morgan fingerprint density at radius 1 is 1.00 bits per heavy atom. The van der Waals surface area contributed by atoms with E-state index in [-0.39, 0.29) is 0 Å². The monoisotopic (exact) mass is 246 g/mol. The molecule has 0 bridgehead atoms. The summed E-state index contributed by atoms with van der Waals surface area (Å²) in [5, 5.41) is 3.15. The lowest BCUT2D eigenvalue weighted by Gasteiger charge is -2.11. The van der Waals surface area contributed by atoms with Crippen LogP contribution in [0, 0.1) is 0 Å². The van der Waals surface area contributed by atoms with Gasteiger partial charge in [0.2, 0.25) is 0 Å². The molecule has 0 amide bonds. The van der Waals surface area contributed by atoms with E-state index in [9.17, 15) is 0 Å². The molecule has 0 saturated heterocycles. The molecule has 17 heavy (non-hydrogen) atoms. The molecule has 0 aliphatic rings. The van der Waals surface area contributed by atoms with Crippen LogP contribution in [0.2, 0.25) is 5.02 Å². The molecule has 0 aromatic heterocycles. The van der Waals surface area contributed by atoms with Gasteiger partial charge in [-0.2, -0.15) is 0 Å². The first-order chi connectivity index (χ1) is 8.27. The zero-order valence-electron chi connectivity index (χ0n) is 9.94.